The van der Waals surface area contributed by atoms with Crippen LogP contribution in [0.15, 0.2) is 48.5 Å². The van der Waals surface area contributed by atoms with Gasteiger partial charge in [0.25, 0.3) is 0 Å². The third kappa shape index (κ3) is 5.70. The number of anilines is 2. The molecule has 0 aliphatic carbocycles. The molecule has 2 N–H and O–H groups in total. The molecule has 154 valence electrons. The van der Waals surface area contributed by atoms with Crippen LogP contribution in [-0.2, 0) is 4.74 Å². The number of nitrogens with one attached hydrogen (secondary N) is 2. The lowest BCUT2D eigenvalue weighted by Gasteiger charge is -2.33. The highest BCUT2D eigenvalue weighted by Gasteiger charge is 2.17. The molecule has 2 atom stereocenters. The van der Waals surface area contributed by atoms with Gasteiger partial charge in [-0.1, -0.05) is 25.1 Å². The second-order valence-corrected chi connectivity index (χ2v) is 8.09. The third-order valence-electron chi connectivity index (χ3n) is 5.30. The van der Waals surface area contributed by atoms with Crippen molar-refractivity contribution in [3.63, 3.8) is 0 Å². The predicted octanol–water partition coefficient (Wildman–Crippen LogP) is 4.76. The molecule has 6 heteroatoms. The summed E-state index contributed by atoms with van der Waals surface area (Å²) < 4.78 is 4.76. The summed E-state index contributed by atoms with van der Waals surface area (Å²) >= 11 is 5.44. The van der Waals surface area contributed by atoms with Crippen LogP contribution in [-0.4, -0.2) is 31.3 Å². The molecular weight excluding hydrogens is 382 g/mol. The molecule has 1 aliphatic heterocycles. The van der Waals surface area contributed by atoms with Gasteiger partial charge in [0.05, 0.1) is 18.7 Å². The molecular formula is C23H29N3O2S. The number of carbonyl (C=O) groups excluding carboxylic acids is 1. The van der Waals surface area contributed by atoms with Crippen molar-refractivity contribution in [2.24, 2.45) is 5.92 Å². The molecule has 0 radical (unpaired) electrons. The molecule has 2 aromatic carbocycles. The van der Waals surface area contributed by atoms with Crippen LogP contribution in [0.2, 0.25) is 0 Å². The maximum Gasteiger partial charge on any atom is 0.337 e. The number of esters is 1. The monoisotopic (exact) mass is 411 g/mol. The minimum Gasteiger partial charge on any atom is -0.465 e. The van der Waals surface area contributed by atoms with Crippen LogP contribution in [0.5, 0.6) is 0 Å². The second-order valence-electron chi connectivity index (χ2n) is 7.68. The van der Waals surface area contributed by atoms with Crippen molar-refractivity contribution < 1.29 is 9.53 Å². The fourth-order valence-electron chi connectivity index (χ4n) is 3.69. The van der Waals surface area contributed by atoms with Crippen molar-refractivity contribution in [1.82, 2.24) is 5.32 Å². The fourth-order valence-corrected chi connectivity index (χ4v) is 3.98. The number of nitrogens with zero attached hydrogens (tertiary/aromatic N) is 1. The highest BCUT2D eigenvalue weighted by molar-refractivity contribution is 7.80. The third-order valence-corrected chi connectivity index (χ3v) is 5.52. The molecule has 0 spiro atoms. The Bertz CT molecular complexity index is 853. The van der Waals surface area contributed by atoms with Gasteiger partial charge in [0.15, 0.2) is 5.11 Å². The van der Waals surface area contributed by atoms with Crippen molar-refractivity contribution in [3.05, 3.63) is 59.7 Å². The summed E-state index contributed by atoms with van der Waals surface area (Å²) in [4.78, 5) is 14.1. The molecule has 1 fully saturated rings. The first-order valence-corrected chi connectivity index (χ1v) is 10.5. The highest BCUT2D eigenvalue weighted by Crippen LogP contribution is 2.24. The maximum atomic E-state index is 11.7. The van der Waals surface area contributed by atoms with E-state index in [1.807, 2.05) is 6.07 Å². The summed E-state index contributed by atoms with van der Waals surface area (Å²) in [6.45, 7) is 6.67. The van der Waals surface area contributed by atoms with Gasteiger partial charge in [-0.05, 0) is 73.8 Å². The molecule has 5 nitrogen and oxygen atoms in total. The molecule has 0 amide bonds. The Hall–Kier alpha value is -2.60. The van der Waals surface area contributed by atoms with Crippen molar-refractivity contribution in [1.29, 1.82) is 0 Å². The van der Waals surface area contributed by atoms with Crippen molar-refractivity contribution in [3.8, 4) is 0 Å². The van der Waals surface area contributed by atoms with E-state index in [0.29, 0.717) is 10.7 Å². The lowest BCUT2D eigenvalue weighted by molar-refractivity contribution is 0.0601. The summed E-state index contributed by atoms with van der Waals surface area (Å²) in [5.41, 5.74) is 3.68. The zero-order valence-corrected chi connectivity index (χ0v) is 18.1. The van der Waals surface area contributed by atoms with Crippen LogP contribution in [0.3, 0.4) is 0 Å². The Kier molecular flexibility index (Phi) is 7.09. The number of thiocarbonyl (C=S) groups is 1. The standard InChI is InChI=1S/C23H29N3O2S/c1-16-6-5-13-26(15-16)21-11-9-18(10-12-21)17(2)24-23(29)25-20-8-4-7-19(14-20)22(27)28-3/h4,7-12,14,16-17H,5-6,13,15H2,1-3H3,(H2,24,25,29)/t16-,17-/m0/s1. The number of hydrogen-bond acceptors (Lipinski definition) is 4. The number of rotatable bonds is 5. The van der Waals surface area contributed by atoms with Gasteiger partial charge in [-0.3, -0.25) is 0 Å². The number of methoxy groups -OCH3 is 1. The average Bonchev–Trinajstić information content (AvgIpc) is 2.73. The summed E-state index contributed by atoms with van der Waals surface area (Å²) in [6, 6.07) is 15.9. The van der Waals surface area contributed by atoms with Gasteiger partial charge >= 0.3 is 5.97 Å². The molecule has 1 aliphatic rings. The largest absolute Gasteiger partial charge is 0.465 e. The molecule has 29 heavy (non-hydrogen) atoms. The molecule has 0 unspecified atom stereocenters. The van der Waals surface area contributed by atoms with Crippen molar-refractivity contribution in [2.75, 3.05) is 30.4 Å². The molecule has 2 aromatic rings. The van der Waals surface area contributed by atoms with E-state index < -0.39 is 0 Å². The summed E-state index contributed by atoms with van der Waals surface area (Å²) in [5.74, 6) is 0.384. The van der Waals surface area contributed by atoms with Crippen LogP contribution >= 0.6 is 12.2 Å². The first-order chi connectivity index (χ1) is 14.0. The number of piperidine rings is 1. The highest BCUT2D eigenvalue weighted by atomic mass is 32.1. The number of ether oxygens (including phenoxy) is 1. The van der Waals surface area contributed by atoms with E-state index in [0.717, 1.165) is 24.7 Å². The minimum absolute atomic E-state index is 0.0631. The summed E-state index contributed by atoms with van der Waals surface area (Å²) in [7, 11) is 1.37. The SMILES string of the molecule is COC(=O)c1cccc(NC(=S)N[C@@H](C)c2ccc(N3CCC[C@H](C)C3)cc2)c1. The van der Waals surface area contributed by atoms with E-state index in [4.69, 9.17) is 17.0 Å². The first-order valence-electron chi connectivity index (χ1n) is 10.1. The Morgan fingerprint density at radius 2 is 2.00 bits per heavy atom. The van der Waals surface area contributed by atoms with E-state index in [2.05, 4.69) is 53.6 Å². The average molecular weight is 412 g/mol. The van der Waals surface area contributed by atoms with Crippen molar-refractivity contribution >= 4 is 34.7 Å². The zero-order valence-electron chi connectivity index (χ0n) is 17.3. The van der Waals surface area contributed by atoms with Crippen molar-refractivity contribution in [2.45, 2.75) is 32.7 Å². The van der Waals surface area contributed by atoms with E-state index in [1.54, 1.807) is 18.2 Å². The van der Waals surface area contributed by atoms with Crippen LogP contribution in [0.1, 0.15) is 48.7 Å². The smallest absolute Gasteiger partial charge is 0.337 e. The maximum absolute atomic E-state index is 11.7. The molecule has 1 saturated heterocycles. The van der Waals surface area contributed by atoms with Gasteiger partial charge < -0.3 is 20.3 Å². The predicted molar refractivity (Wildman–Crippen MR) is 123 cm³/mol. The van der Waals surface area contributed by atoms with Crippen LogP contribution in [0.4, 0.5) is 11.4 Å². The molecule has 0 bridgehead atoms. The number of hydrogen-bond donors (Lipinski definition) is 2. The number of carbonyl (C=O) groups is 1. The van der Waals surface area contributed by atoms with Gasteiger partial charge in [0.2, 0.25) is 0 Å². The van der Waals surface area contributed by atoms with Gasteiger partial charge in [-0.2, -0.15) is 0 Å². The van der Waals surface area contributed by atoms with Gasteiger partial charge in [-0.15, -0.1) is 0 Å². The van der Waals surface area contributed by atoms with E-state index in [-0.39, 0.29) is 12.0 Å². The molecule has 3 rings (SSSR count). The molecule has 1 heterocycles. The minimum atomic E-state index is -0.371. The Morgan fingerprint density at radius 1 is 1.24 bits per heavy atom. The Balaban J connectivity index is 1.57. The fraction of sp³-hybridized carbons (Fsp3) is 0.391. The molecule has 0 saturated carbocycles. The summed E-state index contributed by atoms with van der Waals surface area (Å²) in [6.07, 6.45) is 2.58. The van der Waals surface area contributed by atoms with E-state index >= 15 is 0 Å². The zero-order chi connectivity index (χ0) is 20.8. The lowest BCUT2D eigenvalue weighted by atomic mass is 9.99. The first kappa shape index (κ1) is 21.1. The lowest BCUT2D eigenvalue weighted by Crippen LogP contribution is -2.34. The normalized spacial score (nSPS) is 17.3. The van der Waals surface area contributed by atoms with Crippen LogP contribution < -0.4 is 15.5 Å². The molecule has 0 aromatic heterocycles. The van der Waals surface area contributed by atoms with Gasteiger partial charge in [0.1, 0.15) is 0 Å². The Labute approximate surface area is 178 Å². The van der Waals surface area contributed by atoms with E-state index in [9.17, 15) is 4.79 Å². The Morgan fingerprint density at radius 3 is 2.69 bits per heavy atom. The number of benzene rings is 2. The van der Waals surface area contributed by atoms with E-state index in [1.165, 1.54) is 31.2 Å². The van der Waals surface area contributed by atoms with Crippen LogP contribution in [0.25, 0.3) is 0 Å². The van der Waals surface area contributed by atoms with Gasteiger partial charge in [-0.25, -0.2) is 4.79 Å². The van der Waals surface area contributed by atoms with Gasteiger partial charge in [0, 0.05) is 24.5 Å². The van der Waals surface area contributed by atoms with Crippen LogP contribution in [0, 0.1) is 5.92 Å². The summed E-state index contributed by atoms with van der Waals surface area (Å²) in [5, 5.41) is 6.95. The second kappa shape index (κ2) is 9.74. The quantitative estimate of drug-likeness (QED) is 0.547. The topological polar surface area (TPSA) is 53.6 Å².